The van der Waals surface area contributed by atoms with E-state index in [-0.39, 0.29) is 11.0 Å². The number of nitrogens with two attached hydrogens (primary N) is 2. The average molecular weight is 591 g/mol. The molecule has 1 amide bonds. The number of benzene rings is 2. The van der Waals surface area contributed by atoms with Crippen molar-refractivity contribution in [1.82, 2.24) is 9.55 Å². The van der Waals surface area contributed by atoms with Crippen LogP contribution < -0.4 is 22.2 Å². The standard InChI is InChI=1S/C35H38N6O3/c1-3-23-4-6-26(7-5-23)31-21-41(20-24-12-14-44-15-13-24)22-32(33(31)42)35(43)40-29-10-8-25(9-11-29)30-16-27(19-39-34(30)37)28(17-36)18-38-2/h4-11,16-19,21-22,24H,3,12-15,20,36H2,1-2H3,(H2,37,39)(H,40,43). The zero-order valence-corrected chi connectivity index (χ0v) is 25.1. The molecule has 5 rings (SSSR count). The molecule has 3 heterocycles. The number of pyridine rings is 2. The fourth-order valence-electron chi connectivity index (χ4n) is 5.40. The minimum Gasteiger partial charge on any atom is -0.404 e. The lowest BCUT2D eigenvalue weighted by Gasteiger charge is -2.23. The third-order valence-electron chi connectivity index (χ3n) is 7.96. The largest absolute Gasteiger partial charge is 0.404 e. The summed E-state index contributed by atoms with van der Waals surface area (Å²) in [6.45, 7) is 4.25. The first kappa shape index (κ1) is 30.4. The number of nitrogen functional groups attached to an aromatic ring is 1. The van der Waals surface area contributed by atoms with Crippen LogP contribution in [0.2, 0.25) is 0 Å². The molecule has 2 aromatic carbocycles. The number of aromatic nitrogens is 2. The number of rotatable bonds is 9. The number of anilines is 2. The monoisotopic (exact) mass is 590 g/mol. The van der Waals surface area contributed by atoms with Gasteiger partial charge in [0.25, 0.3) is 5.91 Å². The van der Waals surface area contributed by atoms with Crippen molar-refractivity contribution in [2.45, 2.75) is 32.7 Å². The Balaban J connectivity index is 1.43. The molecule has 0 aliphatic carbocycles. The van der Waals surface area contributed by atoms with Gasteiger partial charge in [0.2, 0.25) is 5.43 Å². The zero-order valence-electron chi connectivity index (χ0n) is 25.1. The number of allylic oxidation sites excluding steroid dienone is 1. The molecule has 9 nitrogen and oxygen atoms in total. The van der Waals surface area contributed by atoms with Crippen molar-refractivity contribution >= 4 is 29.2 Å². The molecule has 0 saturated carbocycles. The van der Waals surface area contributed by atoms with Gasteiger partial charge in [-0.25, -0.2) is 4.98 Å². The van der Waals surface area contributed by atoms with Crippen LogP contribution in [0, 0.1) is 5.92 Å². The van der Waals surface area contributed by atoms with E-state index in [1.54, 1.807) is 37.8 Å². The number of hydrogen-bond acceptors (Lipinski definition) is 7. The van der Waals surface area contributed by atoms with Crippen LogP contribution >= 0.6 is 0 Å². The Morgan fingerprint density at radius 2 is 1.75 bits per heavy atom. The highest BCUT2D eigenvalue weighted by Gasteiger charge is 2.20. The van der Waals surface area contributed by atoms with E-state index in [0.717, 1.165) is 60.3 Å². The van der Waals surface area contributed by atoms with Crippen LogP contribution in [0.5, 0.6) is 0 Å². The predicted octanol–water partition coefficient (Wildman–Crippen LogP) is 5.40. The molecule has 1 aliphatic rings. The number of aryl methyl sites for hydroxylation is 1. The summed E-state index contributed by atoms with van der Waals surface area (Å²) in [5.74, 6) is 0.315. The maximum atomic E-state index is 13.7. The molecule has 1 aliphatic heterocycles. The number of carbonyl (C=O) groups excluding carboxylic acids is 1. The van der Waals surface area contributed by atoms with Crippen molar-refractivity contribution < 1.29 is 9.53 Å². The van der Waals surface area contributed by atoms with Gasteiger partial charge in [0, 0.05) is 85.8 Å². The molecule has 44 heavy (non-hydrogen) atoms. The Labute approximate surface area is 257 Å². The summed E-state index contributed by atoms with van der Waals surface area (Å²) in [6.07, 6.45) is 11.1. The minimum absolute atomic E-state index is 0.0954. The highest BCUT2D eigenvalue weighted by Crippen LogP contribution is 2.29. The first-order valence-corrected chi connectivity index (χ1v) is 14.8. The van der Waals surface area contributed by atoms with Crippen molar-refractivity contribution in [3.05, 3.63) is 106 Å². The van der Waals surface area contributed by atoms with Gasteiger partial charge in [0.1, 0.15) is 11.4 Å². The van der Waals surface area contributed by atoms with E-state index in [0.29, 0.717) is 29.5 Å². The first-order chi connectivity index (χ1) is 21.4. The lowest BCUT2D eigenvalue weighted by atomic mass is 9.99. The number of amides is 1. The van der Waals surface area contributed by atoms with Gasteiger partial charge in [-0.3, -0.25) is 14.6 Å². The summed E-state index contributed by atoms with van der Waals surface area (Å²) in [5, 5.41) is 2.91. The van der Waals surface area contributed by atoms with Crippen molar-refractivity contribution in [3.63, 3.8) is 0 Å². The van der Waals surface area contributed by atoms with Crippen LogP contribution in [0.4, 0.5) is 11.5 Å². The lowest BCUT2D eigenvalue weighted by molar-refractivity contribution is 0.0612. The van der Waals surface area contributed by atoms with Crippen LogP contribution in [0.1, 0.15) is 41.3 Å². The summed E-state index contributed by atoms with van der Waals surface area (Å²) >= 11 is 0. The molecule has 0 unspecified atom stereocenters. The Bertz CT molecular complexity index is 1730. The average Bonchev–Trinajstić information content (AvgIpc) is 3.05. The normalized spacial score (nSPS) is 14.2. The molecule has 0 bridgehead atoms. The van der Waals surface area contributed by atoms with Gasteiger partial charge in [-0.1, -0.05) is 43.3 Å². The first-order valence-electron chi connectivity index (χ1n) is 14.8. The van der Waals surface area contributed by atoms with Crippen LogP contribution in [0.3, 0.4) is 0 Å². The molecule has 5 N–H and O–H groups in total. The third-order valence-corrected chi connectivity index (χ3v) is 7.96. The Morgan fingerprint density at radius 1 is 1.07 bits per heavy atom. The van der Waals surface area contributed by atoms with Crippen LogP contribution in [-0.4, -0.2) is 41.9 Å². The second-order valence-electron chi connectivity index (χ2n) is 10.9. The fraction of sp³-hybridized carbons (Fsp3) is 0.257. The van der Waals surface area contributed by atoms with E-state index < -0.39 is 5.91 Å². The second kappa shape index (κ2) is 14.0. The maximum absolute atomic E-state index is 13.7. The molecule has 1 saturated heterocycles. The number of nitrogens with zero attached hydrogens (tertiary/aromatic N) is 3. The van der Waals surface area contributed by atoms with E-state index >= 15 is 0 Å². The van der Waals surface area contributed by atoms with Crippen LogP contribution in [0.15, 0.2) is 89.2 Å². The highest BCUT2D eigenvalue weighted by atomic mass is 16.5. The van der Waals surface area contributed by atoms with Crippen molar-refractivity contribution in [3.8, 4) is 22.3 Å². The smallest absolute Gasteiger partial charge is 0.261 e. The summed E-state index contributed by atoms with van der Waals surface area (Å²) in [6, 6.07) is 17.1. The van der Waals surface area contributed by atoms with Gasteiger partial charge >= 0.3 is 0 Å². The number of hydrogen-bond donors (Lipinski definition) is 3. The maximum Gasteiger partial charge on any atom is 0.261 e. The molecule has 0 spiro atoms. The number of nitrogens with one attached hydrogen (secondary N) is 1. The minimum atomic E-state index is -0.463. The van der Waals surface area contributed by atoms with Crippen molar-refractivity contribution in [1.29, 1.82) is 0 Å². The Morgan fingerprint density at radius 3 is 2.41 bits per heavy atom. The quantitative estimate of drug-likeness (QED) is 0.223. The molecule has 4 aromatic rings. The van der Waals surface area contributed by atoms with E-state index in [1.807, 2.05) is 53.2 Å². The van der Waals surface area contributed by atoms with E-state index in [9.17, 15) is 9.59 Å². The molecule has 1 fully saturated rings. The number of aliphatic imine (C=N–C) groups is 1. The van der Waals surface area contributed by atoms with Gasteiger partial charge in [-0.15, -0.1) is 0 Å². The van der Waals surface area contributed by atoms with E-state index in [1.165, 1.54) is 11.8 Å². The van der Waals surface area contributed by atoms with Crippen molar-refractivity contribution in [2.24, 2.45) is 16.6 Å². The topological polar surface area (TPSA) is 138 Å². The lowest BCUT2D eigenvalue weighted by Crippen LogP contribution is -2.26. The van der Waals surface area contributed by atoms with Crippen molar-refractivity contribution in [2.75, 3.05) is 31.3 Å². The summed E-state index contributed by atoms with van der Waals surface area (Å²) in [5.41, 5.74) is 17.8. The van der Waals surface area contributed by atoms with Gasteiger partial charge in [0.15, 0.2) is 0 Å². The molecule has 9 heteroatoms. The van der Waals surface area contributed by atoms with Crippen LogP contribution in [0.25, 0.3) is 27.8 Å². The Hall–Kier alpha value is -5.02. The van der Waals surface area contributed by atoms with Gasteiger partial charge in [-0.2, -0.15) is 0 Å². The second-order valence-corrected chi connectivity index (χ2v) is 10.9. The van der Waals surface area contributed by atoms with Gasteiger partial charge < -0.3 is 26.1 Å². The van der Waals surface area contributed by atoms with Gasteiger partial charge in [-0.05, 0) is 60.1 Å². The summed E-state index contributed by atoms with van der Waals surface area (Å²) in [7, 11) is 1.67. The molecule has 226 valence electrons. The molecular formula is C35H38N6O3. The SMILES string of the molecule is CCc1ccc(-c2cn(CC3CCOCC3)cc(C(=O)Nc3ccc(-c4cc(C(C=NC)=CN)cnc4N)cc3)c2=O)cc1. The highest BCUT2D eigenvalue weighted by molar-refractivity contribution is 6.10. The van der Waals surface area contributed by atoms with E-state index in [2.05, 4.69) is 22.2 Å². The van der Waals surface area contributed by atoms with Crippen LogP contribution in [-0.2, 0) is 17.7 Å². The van der Waals surface area contributed by atoms with E-state index in [4.69, 9.17) is 16.2 Å². The predicted molar refractivity (Wildman–Crippen MR) is 178 cm³/mol. The molecule has 0 radical (unpaired) electrons. The summed E-state index contributed by atoms with van der Waals surface area (Å²) in [4.78, 5) is 35.6. The number of carbonyl (C=O) groups is 1. The molecular weight excluding hydrogens is 552 g/mol. The third kappa shape index (κ3) is 6.95. The fourth-order valence-corrected chi connectivity index (χ4v) is 5.40. The number of ether oxygens (including phenoxy) is 1. The molecule has 2 aromatic heterocycles. The summed E-state index contributed by atoms with van der Waals surface area (Å²) < 4.78 is 7.51. The van der Waals surface area contributed by atoms with Gasteiger partial charge in [0.05, 0.1) is 0 Å². The Kier molecular flexibility index (Phi) is 9.66. The molecule has 0 atom stereocenters. The zero-order chi connectivity index (χ0) is 31.1.